The van der Waals surface area contributed by atoms with Crippen molar-refractivity contribution in [1.29, 1.82) is 0 Å². The van der Waals surface area contributed by atoms with Gasteiger partial charge in [-0.1, -0.05) is 11.6 Å². The Morgan fingerprint density at radius 1 is 1.44 bits per heavy atom. The van der Waals surface area contributed by atoms with E-state index in [1.54, 1.807) is 23.5 Å². The van der Waals surface area contributed by atoms with Gasteiger partial charge in [-0.3, -0.25) is 0 Å². The van der Waals surface area contributed by atoms with E-state index < -0.39 is 5.97 Å². The highest BCUT2D eigenvalue weighted by atomic mass is 35.5. The summed E-state index contributed by atoms with van der Waals surface area (Å²) >= 11 is 7.45. The number of nitrogens with one attached hydrogen (secondary N) is 1. The minimum Gasteiger partial charge on any atom is -0.478 e. The Morgan fingerprint density at radius 2 is 2.22 bits per heavy atom. The van der Waals surface area contributed by atoms with Crippen molar-refractivity contribution >= 4 is 34.6 Å². The van der Waals surface area contributed by atoms with Gasteiger partial charge in [0.25, 0.3) is 0 Å². The van der Waals surface area contributed by atoms with E-state index in [0.717, 1.165) is 0 Å². The van der Waals surface area contributed by atoms with Crippen molar-refractivity contribution in [2.24, 2.45) is 0 Å². The van der Waals surface area contributed by atoms with Crippen LogP contribution in [0.4, 0.5) is 5.69 Å². The van der Waals surface area contributed by atoms with Gasteiger partial charge in [-0.05, 0) is 42.1 Å². The third-order valence-electron chi connectivity index (χ3n) is 2.62. The van der Waals surface area contributed by atoms with Crippen LogP contribution in [0.25, 0.3) is 0 Å². The monoisotopic (exact) mass is 281 g/mol. The Bertz CT molecular complexity index is 580. The lowest BCUT2D eigenvalue weighted by Crippen LogP contribution is -2.06. The fraction of sp³-hybridized carbons (Fsp3) is 0.154. The molecule has 0 unspecified atom stereocenters. The molecule has 0 spiro atoms. The summed E-state index contributed by atoms with van der Waals surface area (Å²) in [5.41, 5.74) is 1.98. The summed E-state index contributed by atoms with van der Waals surface area (Å²) in [6, 6.07) is 6.86. The molecule has 0 aliphatic carbocycles. The molecule has 2 N–H and O–H groups in total. The zero-order valence-electron chi connectivity index (χ0n) is 9.74. The molecular weight excluding hydrogens is 270 g/mol. The summed E-state index contributed by atoms with van der Waals surface area (Å²) in [4.78, 5) is 12.3. The molecule has 1 heterocycles. The van der Waals surface area contributed by atoms with E-state index in [4.69, 9.17) is 16.7 Å². The van der Waals surface area contributed by atoms with Gasteiger partial charge < -0.3 is 10.4 Å². The van der Waals surface area contributed by atoms with E-state index >= 15 is 0 Å². The third kappa shape index (κ3) is 2.83. The highest BCUT2D eigenvalue weighted by Gasteiger charge is 2.11. The summed E-state index contributed by atoms with van der Waals surface area (Å²) in [7, 11) is 0. The fourth-order valence-electron chi connectivity index (χ4n) is 1.61. The van der Waals surface area contributed by atoms with Crippen molar-refractivity contribution < 1.29 is 9.90 Å². The largest absolute Gasteiger partial charge is 0.478 e. The van der Waals surface area contributed by atoms with Crippen LogP contribution in [0.1, 0.15) is 20.8 Å². The Labute approximate surface area is 114 Å². The molecule has 0 saturated carbocycles. The first-order valence-electron chi connectivity index (χ1n) is 5.37. The van der Waals surface area contributed by atoms with Gasteiger partial charge in [0.1, 0.15) is 0 Å². The summed E-state index contributed by atoms with van der Waals surface area (Å²) in [6.45, 7) is 2.65. The van der Waals surface area contributed by atoms with Gasteiger partial charge in [-0.15, -0.1) is 11.3 Å². The quantitative estimate of drug-likeness (QED) is 0.890. The molecule has 0 saturated heterocycles. The van der Waals surface area contributed by atoms with Crippen LogP contribution >= 0.6 is 22.9 Å². The molecule has 2 aromatic rings. The van der Waals surface area contributed by atoms with E-state index in [1.807, 2.05) is 18.4 Å². The van der Waals surface area contributed by atoms with Crippen LogP contribution in [0.2, 0.25) is 5.02 Å². The third-order valence-corrected chi connectivity index (χ3v) is 3.88. The highest BCUT2D eigenvalue weighted by Crippen LogP contribution is 2.23. The Hall–Kier alpha value is -1.52. The van der Waals surface area contributed by atoms with E-state index in [1.165, 1.54) is 16.5 Å². The zero-order valence-corrected chi connectivity index (χ0v) is 11.3. The molecule has 3 nitrogen and oxygen atoms in total. The van der Waals surface area contributed by atoms with Gasteiger partial charge in [0.15, 0.2) is 0 Å². The number of hydrogen-bond donors (Lipinski definition) is 2. The summed E-state index contributed by atoms with van der Waals surface area (Å²) < 4.78 is 0. The molecule has 5 heteroatoms. The van der Waals surface area contributed by atoms with Crippen molar-refractivity contribution in [2.45, 2.75) is 13.5 Å². The first-order valence-corrected chi connectivity index (χ1v) is 6.63. The van der Waals surface area contributed by atoms with Crippen molar-refractivity contribution in [1.82, 2.24) is 0 Å². The highest BCUT2D eigenvalue weighted by molar-refractivity contribution is 7.10. The second-order valence-electron chi connectivity index (χ2n) is 3.88. The van der Waals surface area contributed by atoms with Crippen LogP contribution in [0.15, 0.2) is 29.6 Å². The van der Waals surface area contributed by atoms with Crippen molar-refractivity contribution in [3.8, 4) is 0 Å². The number of carbonyl (C=O) groups is 1. The fourth-order valence-corrected chi connectivity index (χ4v) is 2.63. The second kappa shape index (κ2) is 5.42. The SMILES string of the molecule is Cc1ccsc1CNc1ccc(Cl)cc1C(=O)O. The number of rotatable bonds is 4. The molecule has 0 amide bonds. The molecule has 0 aliphatic heterocycles. The van der Waals surface area contributed by atoms with Crippen LogP contribution in [0, 0.1) is 6.92 Å². The number of halogens is 1. The Morgan fingerprint density at radius 3 is 2.83 bits per heavy atom. The molecule has 2 rings (SSSR count). The lowest BCUT2D eigenvalue weighted by molar-refractivity contribution is 0.0698. The topological polar surface area (TPSA) is 49.3 Å². The molecule has 0 radical (unpaired) electrons. The summed E-state index contributed by atoms with van der Waals surface area (Å²) in [6.07, 6.45) is 0. The van der Waals surface area contributed by atoms with Gasteiger partial charge in [-0.25, -0.2) is 4.79 Å². The maximum absolute atomic E-state index is 11.1. The molecule has 1 aromatic heterocycles. The molecule has 0 fully saturated rings. The van der Waals surface area contributed by atoms with Gasteiger partial charge in [0.05, 0.1) is 5.56 Å². The van der Waals surface area contributed by atoms with E-state index in [0.29, 0.717) is 17.3 Å². The van der Waals surface area contributed by atoms with Crippen molar-refractivity contribution in [3.63, 3.8) is 0 Å². The maximum Gasteiger partial charge on any atom is 0.337 e. The van der Waals surface area contributed by atoms with Crippen molar-refractivity contribution in [3.05, 3.63) is 50.7 Å². The Balaban J connectivity index is 2.19. The number of carboxylic acid groups (broad SMARTS) is 1. The van der Waals surface area contributed by atoms with Crippen LogP contribution < -0.4 is 5.32 Å². The van der Waals surface area contributed by atoms with Crippen molar-refractivity contribution in [2.75, 3.05) is 5.32 Å². The number of hydrogen-bond acceptors (Lipinski definition) is 3. The van der Waals surface area contributed by atoms with Crippen LogP contribution in [0.5, 0.6) is 0 Å². The number of carboxylic acids is 1. The van der Waals surface area contributed by atoms with E-state index in [-0.39, 0.29) is 5.56 Å². The average molecular weight is 282 g/mol. The standard InChI is InChI=1S/C13H12ClNO2S/c1-8-4-5-18-12(8)7-15-11-3-2-9(14)6-10(11)13(16)17/h2-6,15H,7H2,1H3,(H,16,17). The second-order valence-corrected chi connectivity index (χ2v) is 5.31. The lowest BCUT2D eigenvalue weighted by Gasteiger charge is -2.09. The van der Waals surface area contributed by atoms with Crippen LogP contribution in [-0.2, 0) is 6.54 Å². The summed E-state index contributed by atoms with van der Waals surface area (Å²) in [5.74, 6) is -0.983. The number of aryl methyl sites for hydroxylation is 1. The predicted molar refractivity (Wildman–Crippen MR) is 74.8 cm³/mol. The lowest BCUT2D eigenvalue weighted by atomic mass is 10.1. The van der Waals surface area contributed by atoms with E-state index in [9.17, 15) is 4.79 Å². The van der Waals surface area contributed by atoms with E-state index in [2.05, 4.69) is 5.32 Å². The molecule has 1 aromatic carbocycles. The van der Waals surface area contributed by atoms with Crippen LogP contribution in [-0.4, -0.2) is 11.1 Å². The predicted octanol–water partition coefficient (Wildman–Crippen LogP) is 4.02. The van der Waals surface area contributed by atoms with Gasteiger partial charge in [0, 0.05) is 22.1 Å². The number of thiophene rings is 1. The van der Waals surface area contributed by atoms with Gasteiger partial charge >= 0.3 is 5.97 Å². The number of benzene rings is 1. The number of anilines is 1. The normalized spacial score (nSPS) is 10.3. The molecule has 18 heavy (non-hydrogen) atoms. The van der Waals surface area contributed by atoms with Gasteiger partial charge in [0.2, 0.25) is 0 Å². The maximum atomic E-state index is 11.1. The number of aromatic carboxylic acids is 1. The molecule has 0 atom stereocenters. The smallest absolute Gasteiger partial charge is 0.337 e. The molecule has 0 aliphatic rings. The average Bonchev–Trinajstić information content (AvgIpc) is 2.73. The first kappa shape index (κ1) is 12.9. The molecule has 94 valence electrons. The van der Waals surface area contributed by atoms with Gasteiger partial charge in [-0.2, -0.15) is 0 Å². The molecular formula is C13H12ClNO2S. The molecule has 0 bridgehead atoms. The van der Waals surface area contributed by atoms with Crippen LogP contribution in [0.3, 0.4) is 0 Å². The minimum absolute atomic E-state index is 0.191. The summed E-state index contributed by atoms with van der Waals surface area (Å²) in [5, 5.41) is 14.7. The Kier molecular flexibility index (Phi) is 3.89. The zero-order chi connectivity index (χ0) is 13.1. The minimum atomic E-state index is -0.983. The first-order chi connectivity index (χ1) is 8.58.